The van der Waals surface area contributed by atoms with Gasteiger partial charge in [-0.3, -0.25) is 9.80 Å². The number of fused-ring (bicyclic) bond motifs is 4. The Kier molecular flexibility index (Phi) is 10.4. The van der Waals surface area contributed by atoms with Crippen molar-refractivity contribution < 1.29 is 33.9 Å². The zero-order valence-electron chi connectivity index (χ0n) is 29.0. The highest BCUT2D eigenvalue weighted by molar-refractivity contribution is 5.64. The Morgan fingerprint density at radius 1 is 0.625 bits per heavy atom. The lowest BCUT2D eigenvalue weighted by Gasteiger charge is -2.37. The quantitative estimate of drug-likeness (QED) is 0.239. The summed E-state index contributed by atoms with van der Waals surface area (Å²) in [5.41, 5.74) is 7.01. The molecule has 3 aliphatic heterocycles. The summed E-state index contributed by atoms with van der Waals surface area (Å²) in [7, 11) is 11.1. The molecule has 0 aromatic heterocycles. The van der Waals surface area contributed by atoms with Crippen LogP contribution in [0.15, 0.2) is 60.7 Å². The van der Waals surface area contributed by atoms with Crippen molar-refractivity contribution in [1.29, 1.82) is 0 Å². The highest BCUT2D eigenvalue weighted by Gasteiger charge is 2.35. The van der Waals surface area contributed by atoms with Crippen molar-refractivity contribution in [3.63, 3.8) is 0 Å². The monoisotopic (exact) mass is 657 g/mol. The average molecular weight is 658 g/mol. The van der Waals surface area contributed by atoms with Crippen LogP contribution in [-0.4, -0.2) is 70.9 Å². The number of benzene rings is 4. The molecule has 10 heteroatoms. The van der Waals surface area contributed by atoms with Gasteiger partial charge in [0.25, 0.3) is 0 Å². The molecule has 0 amide bonds. The van der Waals surface area contributed by atoms with Crippen molar-refractivity contribution in [3.8, 4) is 46.0 Å². The van der Waals surface area contributed by atoms with Crippen LogP contribution >= 0.6 is 0 Å². The molecule has 5 N–H and O–H groups in total. The SMILES string of the molecule is COc1ccc2cc1Oc1ccccc1C[C@H]1c3cc(c(OC)cc3CCN1C)Oc1c(OC)c(OC)cc3c1[C@@H](C2)N(C)CC3.[NH4+].[OH-]. The lowest BCUT2D eigenvalue weighted by atomic mass is 9.87. The van der Waals surface area contributed by atoms with Crippen LogP contribution in [-0.2, 0) is 25.7 Å². The van der Waals surface area contributed by atoms with E-state index in [1.807, 2.05) is 18.2 Å². The minimum Gasteiger partial charge on any atom is -0.870 e. The molecule has 4 aromatic rings. The van der Waals surface area contributed by atoms with Gasteiger partial charge in [-0.05, 0) is 104 Å². The second-order valence-corrected chi connectivity index (χ2v) is 12.4. The summed E-state index contributed by atoms with van der Waals surface area (Å²) in [5.74, 6) is 5.47. The van der Waals surface area contributed by atoms with Crippen LogP contribution in [0.1, 0.15) is 45.5 Å². The van der Waals surface area contributed by atoms with E-state index < -0.39 is 0 Å². The number of likely N-dealkylation sites (N-methyl/N-ethyl adjacent to an activating group) is 2. The number of ether oxygens (including phenoxy) is 6. The first kappa shape index (κ1) is 34.8. The van der Waals surface area contributed by atoms with E-state index in [1.54, 1.807) is 28.4 Å². The molecular weight excluding hydrogens is 610 g/mol. The number of rotatable bonds is 4. The predicted molar refractivity (Wildman–Crippen MR) is 186 cm³/mol. The van der Waals surface area contributed by atoms with E-state index >= 15 is 0 Å². The van der Waals surface area contributed by atoms with Gasteiger partial charge in [0.2, 0.25) is 5.75 Å². The van der Waals surface area contributed by atoms with E-state index in [9.17, 15) is 0 Å². The van der Waals surface area contributed by atoms with Gasteiger partial charge in [0.05, 0.1) is 28.4 Å². The first-order chi connectivity index (χ1) is 22.4. The van der Waals surface area contributed by atoms with Crippen molar-refractivity contribution in [2.45, 2.75) is 37.8 Å². The van der Waals surface area contributed by atoms with Gasteiger partial charge in [-0.25, -0.2) is 0 Å². The zero-order chi connectivity index (χ0) is 31.9. The molecule has 7 rings (SSSR count). The van der Waals surface area contributed by atoms with Crippen LogP contribution in [0.4, 0.5) is 0 Å². The van der Waals surface area contributed by atoms with E-state index in [-0.39, 0.29) is 23.7 Å². The highest BCUT2D eigenvalue weighted by atomic mass is 16.5. The maximum Gasteiger partial charge on any atom is 0.204 e. The number of nitrogens with zero attached hydrogens (tertiary/aromatic N) is 2. The van der Waals surface area contributed by atoms with Crippen LogP contribution in [0.5, 0.6) is 46.0 Å². The molecule has 0 radical (unpaired) electrons. The number of methoxy groups -OCH3 is 4. The summed E-state index contributed by atoms with van der Waals surface area (Å²) in [6.07, 6.45) is 3.27. The second kappa shape index (κ2) is 14.3. The topological polar surface area (TPSA) is 128 Å². The molecule has 48 heavy (non-hydrogen) atoms. The summed E-state index contributed by atoms with van der Waals surface area (Å²) in [5, 5.41) is 0. The van der Waals surface area contributed by atoms with Gasteiger partial charge in [-0.2, -0.15) is 0 Å². The maximum absolute atomic E-state index is 7.03. The normalized spacial score (nSPS) is 18.4. The third-order valence-electron chi connectivity index (χ3n) is 9.87. The van der Waals surface area contributed by atoms with Crippen molar-refractivity contribution in [2.75, 3.05) is 55.6 Å². The third kappa shape index (κ3) is 6.12. The second-order valence-electron chi connectivity index (χ2n) is 12.4. The van der Waals surface area contributed by atoms with E-state index in [2.05, 4.69) is 66.4 Å². The number of quaternary nitrogens is 1. The van der Waals surface area contributed by atoms with Crippen LogP contribution in [0.3, 0.4) is 0 Å². The molecule has 256 valence electrons. The Morgan fingerprint density at radius 2 is 1.29 bits per heavy atom. The molecule has 0 aliphatic carbocycles. The smallest absolute Gasteiger partial charge is 0.204 e. The molecule has 4 aromatic carbocycles. The van der Waals surface area contributed by atoms with E-state index in [0.717, 1.165) is 61.2 Å². The molecule has 0 unspecified atom stereocenters. The first-order valence-corrected chi connectivity index (χ1v) is 15.9. The lowest BCUT2D eigenvalue weighted by Crippen LogP contribution is -2.34. The fourth-order valence-electron chi connectivity index (χ4n) is 7.33. The maximum atomic E-state index is 7.03. The van der Waals surface area contributed by atoms with Gasteiger partial charge in [-0.1, -0.05) is 24.3 Å². The zero-order valence-corrected chi connectivity index (χ0v) is 29.0. The molecule has 0 saturated carbocycles. The molecule has 2 atom stereocenters. The van der Waals surface area contributed by atoms with Gasteiger partial charge >= 0.3 is 0 Å². The molecule has 3 aliphatic rings. The largest absolute Gasteiger partial charge is 0.870 e. The van der Waals surface area contributed by atoms with Crippen LogP contribution in [0.25, 0.3) is 0 Å². The lowest BCUT2D eigenvalue weighted by molar-refractivity contribution is 0.219. The minimum absolute atomic E-state index is 0. The van der Waals surface area contributed by atoms with Crippen molar-refractivity contribution in [2.24, 2.45) is 0 Å². The fourth-order valence-corrected chi connectivity index (χ4v) is 7.33. The van der Waals surface area contributed by atoms with E-state index in [0.29, 0.717) is 40.2 Å². The first-order valence-electron chi connectivity index (χ1n) is 15.9. The van der Waals surface area contributed by atoms with E-state index in [4.69, 9.17) is 28.4 Å². The Labute approximate surface area is 283 Å². The van der Waals surface area contributed by atoms with Gasteiger partial charge in [0.15, 0.2) is 34.5 Å². The van der Waals surface area contributed by atoms with Gasteiger partial charge in [-0.15, -0.1) is 0 Å². The molecule has 0 spiro atoms. The predicted octanol–water partition coefficient (Wildman–Crippen LogP) is 7.36. The number of hydrogen-bond acceptors (Lipinski definition) is 9. The minimum atomic E-state index is 0. The van der Waals surface area contributed by atoms with E-state index in [1.165, 1.54) is 16.7 Å². The molecular formula is C38H47N3O7. The van der Waals surface area contributed by atoms with Gasteiger partial charge in [0.1, 0.15) is 5.75 Å². The number of para-hydroxylation sites is 1. The fraction of sp³-hybridized carbons (Fsp3) is 0.368. The summed E-state index contributed by atoms with van der Waals surface area (Å²) in [6.45, 7) is 1.83. The number of hydrogen-bond donors (Lipinski definition) is 1. The van der Waals surface area contributed by atoms with Crippen LogP contribution in [0.2, 0.25) is 0 Å². The standard InChI is InChI=1S/C38H42N2O6.H3N.H2O/c1-39-15-13-24-20-32(42-4)34-22-27(24)28(39)19-25-9-7-8-10-30(25)45-33-18-23(11-12-31(33)41-3)17-29-36-26(14-16-40(29)2)21-35(43-5)37(44-6)38(36)46-34;;/h7-12,18,20-22,28-29H,13-17,19H2,1-6H3;1H3;1H2/t28-,29+;;/m0../s1. The molecule has 3 heterocycles. The van der Waals surface area contributed by atoms with Crippen molar-refractivity contribution >= 4 is 0 Å². The summed E-state index contributed by atoms with van der Waals surface area (Å²) in [4.78, 5) is 4.80. The molecule has 10 nitrogen and oxygen atoms in total. The molecule has 0 saturated heterocycles. The van der Waals surface area contributed by atoms with Crippen molar-refractivity contribution in [3.05, 3.63) is 94.0 Å². The Bertz CT molecular complexity index is 1780. The van der Waals surface area contributed by atoms with Gasteiger partial charge < -0.3 is 40.0 Å². The average Bonchev–Trinajstić information content (AvgIpc) is 3.07. The summed E-state index contributed by atoms with van der Waals surface area (Å²) >= 11 is 0. The highest BCUT2D eigenvalue weighted by Crippen LogP contribution is 2.52. The van der Waals surface area contributed by atoms with Crippen LogP contribution in [0, 0.1) is 0 Å². The Hall–Kier alpha value is -4.48. The van der Waals surface area contributed by atoms with Gasteiger partial charge in [0, 0.05) is 30.7 Å². The Morgan fingerprint density at radius 3 is 2.02 bits per heavy atom. The summed E-state index contributed by atoms with van der Waals surface area (Å²) in [6, 6.07) is 21.1. The Balaban J connectivity index is 0.00000225. The van der Waals surface area contributed by atoms with Crippen LogP contribution < -0.4 is 34.6 Å². The third-order valence-corrected chi connectivity index (χ3v) is 9.87. The molecule has 0 fully saturated rings. The molecule has 4 bridgehead atoms. The summed E-state index contributed by atoms with van der Waals surface area (Å²) < 4.78 is 37.4. The van der Waals surface area contributed by atoms with Crippen molar-refractivity contribution in [1.82, 2.24) is 16.0 Å².